The Balaban J connectivity index is 1.97. The summed E-state index contributed by atoms with van der Waals surface area (Å²) in [7, 11) is 0. The summed E-state index contributed by atoms with van der Waals surface area (Å²) < 4.78 is 1.98. The zero-order valence-corrected chi connectivity index (χ0v) is 9.94. The molecule has 0 spiro atoms. The van der Waals surface area contributed by atoms with Gasteiger partial charge in [-0.25, -0.2) is 0 Å². The molecule has 0 aromatic carbocycles. The molecule has 0 atom stereocenters. The number of hydrogen-bond acceptors (Lipinski definition) is 1. The number of rotatable bonds is 5. The Morgan fingerprint density at radius 2 is 2.35 bits per heavy atom. The molecule has 4 heteroatoms. The van der Waals surface area contributed by atoms with Gasteiger partial charge in [-0.1, -0.05) is 6.92 Å². The highest BCUT2D eigenvalue weighted by molar-refractivity contribution is 5.92. The third kappa shape index (κ3) is 2.78. The Hall–Kier alpha value is -1.97. The smallest absolute Gasteiger partial charge is 0.268 e. The molecular formula is C13H17N3O. The van der Waals surface area contributed by atoms with Crippen molar-refractivity contribution < 1.29 is 4.79 Å². The van der Waals surface area contributed by atoms with Crippen LogP contribution in [0.1, 0.15) is 29.4 Å². The lowest BCUT2D eigenvalue weighted by atomic mass is 10.3. The summed E-state index contributed by atoms with van der Waals surface area (Å²) in [6.45, 7) is 3.53. The van der Waals surface area contributed by atoms with Crippen LogP contribution in [0.15, 0.2) is 36.8 Å². The van der Waals surface area contributed by atoms with Gasteiger partial charge in [-0.2, -0.15) is 0 Å². The Morgan fingerprint density at radius 1 is 1.47 bits per heavy atom. The van der Waals surface area contributed by atoms with Crippen LogP contribution in [0, 0.1) is 0 Å². The maximum absolute atomic E-state index is 12.0. The van der Waals surface area contributed by atoms with Gasteiger partial charge >= 0.3 is 0 Å². The van der Waals surface area contributed by atoms with Crippen molar-refractivity contribution in [2.75, 3.05) is 0 Å². The Kier molecular flexibility index (Phi) is 3.65. The second-order valence-corrected chi connectivity index (χ2v) is 3.99. The Morgan fingerprint density at radius 3 is 3.06 bits per heavy atom. The molecule has 1 amide bonds. The minimum absolute atomic E-state index is 0.0235. The highest BCUT2D eigenvalue weighted by Gasteiger charge is 2.09. The van der Waals surface area contributed by atoms with Gasteiger partial charge in [0, 0.05) is 31.7 Å². The lowest BCUT2D eigenvalue weighted by Crippen LogP contribution is -2.25. The lowest BCUT2D eigenvalue weighted by Gasteiger charge is -2.08. The van der Waals surface area contributed by atoms with Gasteiger partial charge in [-0.3, -0.25) is 4.79 Å². The number of aromatic amines is 1. The van der Waals surface area contributed by atoms with Crippen LogP contribution in [0.25, 0.3) is 0 Å². The van der Waals surface area contributed by atoms with Crippen molar-refractivity contribution in [2.45, 2.75) is 26.4 Å². The molecule has 0 unspecified atom stereocenters. The molecule has 0 saturated heterocycles. The maximum Gasteiger partial charge on any atom is 0.268 e. The SMILES string of the molecule is CCCn1cccc1C(=O)NCc1cc[nH]c1. The molecular weight excluding hydrogens is 214 g/mol. The number of carbonyl (C=O) groups is 1. The maximum atomic E-state index is 12.0. The highest BCUT2D eigenvalue weighted by atomic mass is 16.1. The first kappa shape index (κ1) is 11.5. The van der Waals surface area contributed by atoms with Gasteiger partial charge in [0.05, 0.1) is 0 Å². The van der Waals surface area contributed by atoms with E-state index in [4.69, 9.17) is 0 Å². The van der Waals surface area contributed by atoms with E-state index in [-0.39, 0.29) is 5.91 Å². The summed E-state index contributed by atoms with van der Waals surface area (Å²) >= 11 is 0. The molecule has 2 N–H and O–H groups in total. The zero-order chi connectivity index (χ0) is 12.1. The van der Waals surface area contributed by atoms with Gasteiger partial charge < -0.3 is 14.9 Å². The van der Waals surface area contributed by atoms with Crippen LogP contribution in [0.2, 0.25) is 0 Å². The van der Waals surface area contributed by atoms with Crippen molar-refractivity contribution >= 4 is 5.91 Å². The number of H-pyrrole nitrogens is 1. The van der Waals surface area contributed by atoms with Crippen LogP contribution in [0.4, 0.5) is 0 Å². The minimum Gasteiger partial charge on any atom is -0.367 e. The van der Waals surface area contributed by atoms with Crippen LogP contribution in [0.3, 0.4) is 0 Å². The Labute approximate surface area is 101 Å². The zero-order valence-electron chi connectivity index (χ0n) is 9.94. The number of hydrogen-bond donors (Lipinski definition) is 2. The average molecular weight is 231 g/mol. The third-order valence-corrected chi connectivity index (χ3v) is 2.64. The first-order valence-corrected chi connectivity index (χ1v) is 5.86. The number of amides is 1. The van der Waals surface area contributed by atoms with E-state index in [2.05, 4.69) is 17.2 Å². The fourth-order valence-electron chi connectivity index (χ4n) is 1.80. The van der Waals surface area contributed by atoms with Gasteiger partial charge in [0.15, 0.2) is 0 Å². The van der Waals surface area contributed by atoms with Gasteiger partial charge in [-0.15, -0.1) is 0 Å². The molecule has 0 saturated carbocycles. The molecule has 2 rings (SSSR count). The van der Waals surface area contributed by atoms with E-state index in [1.54, 1.807) is 0 Å². The molecule has 0 fully saturated rings. The molecule has 90 valence electrons. The quantitative estimate of drug-likeness (QED) is 0.814. The van der Waals surface area contributed by atoms with E-state index in [0.29, 0.717) is 6.54 Å². The summed E-state index contributed by atoms with van der Waals surface area (Å²) in [5, 5.41) is 2.91. The normalized spacial score (nSPS) is 10.4. The van der Waals surface area contributed by atoms with Crippen LogP contribution in [-0.2, 0) is 13.1 Å². The summed E-state index contributed by atoms with van der Waals surface area (Å²) in [5.41, 5.74) is 1.80. The predicted octanol–water partition coefficient (Wildman–Crippen LogP) is 2.16. The molecule has 17 heavy (non-hydrogen) atoms. The standard InChI is InChI=1S/C13H17N3O/c1-2-7-16-8-3-4-12(16)13(17)15-10-11-5-6-14-9-11/h3-6,8-9,14H,2,7,10H2,1H3,(H,15,17). The predicted molar refractivity (Wildman–Crippen MR) is 66.7 cm³/mol. The van der Waals surface area contributed by atoms with Gasteiger partial charge in [-0.05, 0) is 30.2 Å². The second-order valence-electron chi connectivity index (χ2n) is 3.99. The molecule has 0 bridgehead atoms. The third-order valence-electron chi connectivity index (χ3n) is 2.64. The van der Waals surface area contributed by atoms with Gasteiger partial charge in [0.1, 0.15) is 5.69 Å². The number of nitrogens with zero attached hydrogens (tertiary/aromatic N) is 1. The van der Waals surface area contributed by atoms with Gasteiger partial charge in [0.25, 0.3) is 5.91 Å². The lowest BCUT2D eigenvalue weighted by molar-refractivity contribution is 0.0941. The fraction of sp³-hybridized carbons (Fsp3) is 0.308. The molecule has 2 aromatic rings. The van der Waals surface area contributed by atoms with Crippen LogP contribution in [-0.4, -0.2) is 15.5 Å². The largest absolute Gasteiger partial charge is 0.367 e. The average Bonchev–Trinajstić information content (AvgIpc) is 2.97. The molecule has 2 heterocycles. The molecule has 2 aromatic heterocycles. The number of carbonyl (C=O) groups excluding carboxylic acids is 1. The van der Waals surface area contributed by atoms with Crippen LogP contribution < -0.4 is 5.32 Å². The van der Waals surface area contributed by atoms with Crippen molar-refractivity contribution in [1.82, 2.24) is 14.9 Å². The topological polar surface area (TPSA) is 49.8 Å². The number of aryl methyl sites for hydroxylation is 1. The Bertz CT molecular complexity index is 471. The van der Waals surface area contributed by atoms with Crippen LogP contribution >= 0.6 is 0 Å². The van der Waals surface area contributed by atoms with Gasteiger partial charge in [0.2, 0.25) is 0 Å². The van der Waals surface area contributed by atoms with Crippen molar-refractivity contribution in [1.29, 1.82) is 0 Å². The molecule has 0 aliphatic carbocycles. The van der Waals surface area contributed by atoms with E-state index in [0.717, 1.165) is 24.2 Å². The first-order chi connectivity index (χ1) is 8.31. The van der Waals surface area contributed by atoms with E-state index in [9.17, 15) is 4.79 Å². The summed E-state index contributed by atoms with van der Waals surface area (Å²) in [6.07, 6.45) is 6.69. The van der Waals surface area contributed by atoms with Crippen molar-refractivity contribution in [3.8, 4) is 0 Å². The van der Waals surface area contributed by atoms with Crippen molar-refractivity contribution in [3.63, 3.8) is 0 Å². The van der Waals surface area contributed by atoms with E-state index >= 15 is 0 Å². The van der Waals surface area contributed by atoms with Crippen molar-refractivity contribution in [2.24, 2.45) is 0 Å². The molecule has 0 radical (unpaired) electrons. The summed E-state index contributed by atoms with van der Waals surface area (Å²) in [4.78, 5) is 14.9. The van der Waals surface area contributed by atoms with E-state index in [1.165, 1.54) is 0 Å². The first-order valence-electron chi connectivity index (χ1n) is 5.86. The van der Waals surface area contributed by atoms with E-state index in [1.807, 2.05) is 41.4 Å². The van der Waals surface area contributed by atoms with Crippen molar-refractivity contribution in [3.05, 3.63) is 48.0 Å². The summed E-state index contributed by atoms with van der Waals surface area (Å²) in [6, 6.07) is 5.70. The second kappa shape index (κ2) is 5.39. The number of nitrogens with one attached hydrogen (secondary N) is 2. The fourth-order valence-corrected chi connectivity index (χ4v) is 1.80. The molecule has 4 nitrogen and oxygen atoms in total. The monoisotopic (exact) mass is 231 g/mol. The highest BCUT2D eigenvalue weighted by Crippen LogP contribution is 2.04. The van der Waals surface area contributed by atoms with Crippen LogP contribution in [0.5, 0.6) is 0 Å². The molecule has 0 aliphatic heterocycles. The summed E-state index contributed by atoms with van der Waals surface area (Å²) in [5.74, 6) is -0.0235. The minimum atomic E-state index is -0.0235. The van der Waals surface area contributed by atoms with E-state index < -0.39 is 0 Å². The number of aromatic nitrogens is 2. The molecule has 0 aliphatic rings.